The molecule has 4 nitrogen and oxygen atoms in total. The largest absolute Gasteiger partial charge is 0.294 e. The molecule has 0 bridgehead atoms. The van der Waals surface area contributed by atoms with Crippen molar-refractivity contribution < 1.29 is 4.79 Å². The van der Waals surface area contributed by atoms with Crippen molar-refractivity contribution in [2.45, 2.75) is 25.6 Å². The maximum absolute atomic E-state index is 11.5. The number of azide groups is 1. The van der Waals surface area contributed by atoms with Crippen molar-refractivity contribution >= 4 is 23.1 Å². The summed E-state index contributed by atoms with van der Waals surface area (Å²) in [4.78, 5) is 14.2. The van der Waals surface area contributed by atoms with Crippen LogP contribution in [-0.2, 0) is 0 Å². The van der Waals surface area contributed by atoms with Crippen LogP contribution in [0.4, 0.5) is 5.69 Å². The van der Waals surface area contributed by atoms with Crippen LogP contribution in [-0.4, -0.2) is 5.78 Å². The minimum Gasteiger partial charge on any atom is -0.294 e. The number of hydrogen-bond donors (Lipinski definition) is 0. The Labute approximate surface area is 98.9 Å². The number of rotatable bonds is 4. The molecule has 1 aromatic rings. The number of ketones is 1. The fourth-order valence-electron chi connectivity index (χ4n) is 1.39. The van der Waals surface area contributed by atoms with E-state index in [-0.39, 0.29) is 11.2 Å². The van der Waals surface area contributed by atoms with Gasteiger partial charge in [-0.1, -0.05) is 24.2 Å². The van der Waals surface area contributed by atoms with Crippen LogP contribution in [0.2, 0.25) is 0 Å². The maximum atomic E-state index is 11.5. The van der Waals surface area contributed by atoms with Crippen molar-refractivity contribution in [2.75, 3.05) is 0 Å². The summed E-state index contributed by atoms with van der Waals surface area (Å²) in [6.45, 7) is 3.57. The zero-order valence-electron chi connectivity index (χ0n) is 9.14. The van der Waals surface area contributed by atoms with E-state index in [2.05, 4.69) is 10.0 Å². The summed E-state index contributed by atoms with van der Waals surface area (Å²) in [5.41, 5.74) is 10.1. The second-order valence-electron chi connectivity index (χ2n) is 3.36. The van der Waals surface area contributed by atoms with Crippen LogP contribution in [0.15, 0.2) is 23.3 Å². The topological polar surface area (TPSA) is 65.8 Å². The van der Waals surface area contributed by atoms with Crippen molar-refractivity contribution in [2.24, 2.45) is 5.11 Å². The highest BCUT2D eigenvalue weighted by molar-refractivity contribution is 6.21. The normalized spacial score (nSPS) is 11.7. The molecule has 0 heterocycles. The monoisotopic (exact) mass is 237 g/mol. The van der Waals surface area contributed by atoms with Gasteiger partial charge in [0, 0.05) is 22.6 Å². The molecule has 0 aromatic heterocycles. The molecule has 0 saturated carbocycles. The molecule has 0 aliphatic rings. The van der Waals surface area contributed by atoms with E-state index < -0.39 is 0 Å². The molecule has 1 atom stereocenters. The third-order valence-electron chi connectivity index (χ3n) is 2.25. The number of Topliss-reactive ketones (excluding diaryl/α,β-unsaturated/α-hetero) is 1. The van der Waals surface area contributed by atoms with Gasteiger partial charge in [-0.15, -0.1) is 11.6 Å². The molecule has 0 spiro atoms. The first-order valence-corrected chi connectivity index (χ1v) is 5.40. The van der Waals surface area contributed by atoms with Crippen LogP contribution in [0.1, 0.15) is 41.6 Å². The predicted molar refractivity (Wildman–Crippen MR) is 64.1 cm³/mol. The van der Waals surface area contributed by atoms with Gasteiger partial charge in [0.25, 0.3) is 0 Å². The first-order valence-electron chi connectivity index (χ1n) is 4.96. The second-order valence-corrected chi connectivity index (χ2v) is 4.01. The van der Waals surface area contributed by atoms with Crippen LogP contribution in [0.3, 0.4) is 0 Å². The van der Waals surface area contributed by atoms with Crippen molar-refractivity contribution in [1.82, 2.24) is 0 Å². The van der Waals surface area contributed by atoms with Gasteiger partial charge < -0.3 is 0 Å². The zero-order chi connectivity index (χ0) is 12.1. The van der Waals surface area contributed by atoms with Gasteiger partial charge in [-0.05, 0) is 24.1 Å². The smallest absolute Gasteiger partial charge is 0.162 e. The number of carbonyl (C=O) groups excluding carboxylic acids is 1. The van der Waals surface area contributed by atoms with E-state index in [0.29, 0.717) is 17.7 Å². The third kappa shape index (κ3) is 2.75. The fraction of sp³-hybridized carbons (Fsp3) is 0.364. The van der Waals surface area contributed by atoms with Gasteiger partial charge in [0.05, 0.1) is 5.38 Å². The van der Waals surface area contributed by atoms with Crippen LogP contribution >= 0.6 is 11.6 Å². The van der Waals surface area contributed by atoms with E-state index in [4.69, 9.17) is 17.1 Å². The van der Waals surface area contributed by atoms with Gasteiger partial charge in [0.15, 0.2) is 5.78 Å². The highest BCUT2D eigenvalue weighted by Gasteiger charge is 2.10. The molecule has 0 amide bonds. The SMILES string of the molecule is CCC(=O)c1ccc(C(C)Cl)c(N=[N+]=[N-])c1. The molecule has 5 heteroatoms. The van der Waals surface area contributed by atoms with E-state index in [0.717, 1.165) is 5.56 Å². The van der Waals surface area contributed by atoms with Gasteiger partial charge in [-0.25, -0.2) is 0 Å². The number of hydrogen-bond acceptors (Lipinski definition) is 2. The van der Waals surface area contributed by atoms with Gasteiger partial charge in [0.2, 0.25) is 0 Å². The van der Waals surface area contributed by atoms with Crippen LogP contribution in [0, 0.1) is 0 Å². The van der Waals surface area contributed by atoms with Crippen molar-refractivity contribution in [3.05, 3.63) is 39.8 Å². The van der Waals surface area contributed by atoms with Gasteiger partial charge >= 0.3 is 0 Å². The molecule has 16 heavy (non-hydrogen) atoms. The Morgan fingerprint density at radius 3 is 2.81 bits per heavy atom. The zero-order valence-corrected chi connectivity index (χ0v) is 9.90. The second kappa shape index (κ2) is 5.54. The minimum absolute atomic E-state index is 0.0168. The fourth-order valence-corrected chi connectivity index (χ4v) is 1.58. The van der Waals surface area contributed by atoms with E-state index in [1.807, 2.05) is 0 Å². The Hall–Kier alpha value is -1.51. The average molecular weight is 238 g/mol. The Balaban J connectivity index is 3.27. The lowest BCUT2D eigenvalue weighted by Gasteiger charge is -2.08. The first kappa shape index (κ1) is 12.6. The summed E-state index contributed by atoms with van der Waals surface area (Å²) in [5, 5.41) is 3.29. The number of alkyl halides is 1. The van der Waals surface area contributed by atoms with E-state index in [1.165, 1.54) is 0 Å². The molecule has 0 aliphatic heterocycles. The predicted octanol–water partition coefficient (Wildman–Crippen LogP) is 4.52. The summed E-state index contributed by atoms with van der Waals surface area (Å²) in [6.07, 6.45) is 0.422. The van der Waals surface area contributed by atoms with Gasteiger partial charge in [0.1, 0.15) is 0 Å². The summed E-state index contributed by atoms with van der Waals surface area (Å²) >= 11 is 5.94. The molecular formula is C11H12ClN3O. The van der Waals surface area contributed by atoms with Crippen molar-refractivity contribution in [1.29, 1.82) is 0 Å². The lowest BCUT2D eigenvalue weighted by Crippen LogP contribution is -1.97. The Morgan fingerprint density at radius 1 is 1.62 bits per heavy atom. The van der Waals surface area contributed by atoms with Crippen molar-refractivity contribution in [3.63, 3.8) is 0 Å². The Morgan fingerprint density at radius 2 is 2.31 bits per heavy atom. The maximum Gasteiger partial charge on any atom is 0.162 e. The molecule has 0 saturated heterocycles. The molecule has 84 valence electrons. The van der Waals surface area contributed by atoms with E-state index >= 15 is 0 Å². The highest BCUT2D eigenvalue weighted by Crippen LogP contribution is 2.30. The molecule has 0 aliphatic carbocycles. The summed E-state index contributed by atoms with van der Waals surface area (Å²) in [5.74, 6) is 0.0168. The average Bonchev–Trinajstić information content (AvgIpc) is 2.28. The van der Waals surface area contributed by atoms with Gasteiger partial charge in [-0.2, -0.15) is 0 Å². The third-order valence-corrected chi connectivity index (χ3v) is 2.49. The lowest BCUT2D eigenvalue weighted by atomic mass is 10.0. The molecule has 0 fully saturated rings. The van der Waals surface area contributed by atoms with E-state index in [9.17, 15) is 4.79 Å². The number of nitrogens with zero attached hydrogens (tertiary/aromatic N) is 3. The van der Waals surface area contributed by atoms with Crippen LogP contribution in [0.25, 0.3) is 10.4 Å². The molecule has 0 radical (unpaired) electrons. The summed E-state index contributed by atoms with van der Waals surface area (Å²) < 4.78 is 0. The molecule has 1 rings (SSSR count). The molecular weight excluding hydrogens is 226 g/mol. The van der Waals surface area contributed by atoms with Crippen LogP contribution in [0.5, 0.6) is 0 Å². The van der Waals surface area contributed by atoms with Crippen molar-refractivity contribution in [3.8, 4) is 0 Å². The van der Waals surface area contributed by atoms with Gasteiger partial charge in [-0.3, -0.25) is 4.79 Å². The number of halogens is 1. The Kier molecular flexibility index (Phi) is 4.35. The highest BCUT2D eigenvalue weighted by atomic mass is 35.5. The number of benzene rings is 1. The Bertz CT molecular complexity index is 451. The lowest BCUT2D eigenvalue weighted by molar-refractivity contribution is 0.0988. The molecule has 1 aromatic carbocycles. The van der Waals surface area contributed by atoms with Crippen LogP contribution < -0.4 is 0 Å². The quantitative estimate of drug-likeness (QED) is 0.250. The first-order chi connectivity index (χ1) is 7.60. The molecule has 0 N–H and O–H groups in total. The molecule has 1 unspecified atom stereocenters. The van der Waals surface area contributed by atoms with E-state index in [1.54, 1.807) is 32.0 Å². The standard InChI is InChI=1S/C11H12ClN3O/c1-3-11(16)8-4-5-9(7(2)12)10(6-8)14-15-13/h4-7H,3H2,1-2H3. The summed E-state index contributed by atoms with van der Waals surface area (Å²) in [7, 11) is 0. The number of carbonyl (C=O) groups is 1. The minimum atomic E-state index is -0.258. The summed E-state index contributed by atoms with van der Waals surface area (Å²) in [6, 6.07) is 5.01.